The second-order valence-corrected chi connectivity index (χ2v) is 9.06. The van der Waals surface area contributed by atoms with E-state index in [4.69, 9.17) is 21.3 Å². The highest BCUT2D eigenvalue weighted by molar-refractivity contribution is 7.22. The SMILES string of the molecule is CCOc1cccc2sc(N(Cc3cccnc3)C(=O)Cc3ccc(Cl)s3)nc12. The lowest BCUT2D eigenvalue weighted by molar-refractivity contribution is -0.118. The van der Waals surface area contributed by atoms with Gasteiger partial charge in [-0.1, -0.05) is 35.1 Å². The fraction of sp³-hybridized carbons (Fsp3) is 0.190. The van der Waals surface area contributed by atoms with Gasteiger partial charge < -0.3 is 4.74 Å². The van der Waals surface area contributed by atoms with Crippen LogP contribution in [0.3, 0.4) is 0 Å². The molecule has 0 saturated carbocycles. The van der Waals surface area contributed by atoms with Gasteiger partial charge in [0, 0.05) is 17.3 Å². The summed E-state index contributed by atoms with van der Waals surface area (Å²) >= 11 is 8.93. The molecule has 0 N–H and O–H groups in total. The first-order valence-corrected chi connectivity index (χ1v) is 11.1. The van der Waals surface area contributed by atoms with Gasteiger partial charge in [-0.3, -0.25) is 14.7 Å². The maximum atomic E-state index is 13.2. The Bertz CT molecular complexity index is 1130. The zero-order valence-electron chi connectivity index (χ0n) is 15.7. The Morgan fingerprint density at radius 2 is 2.07 bits per heavy atom. The Labute approximate surface area is 181 Å². The van der Waals surface area contributed by atoms with Gasteiger partial charge >= 0.3 is 0 Å². The lowest BCUT2D eigenvalue weighted by Crippen LogP contribution is -2.31. The number of hydrogen-bond acceptors (Lipinski definition) is 6. The molecule has 8 heteroatoms. The molecule has 0 aliphatic carbocycles. The van der Waals surface area contributed by atoms with Gasteiger partial charge in [-0.25, -0.2) is 4.98 Å². The van der Waals surface area contributed by atoms with Crippen molar-refractivity contribution in [3.63, 3.8) is 0 Å². The van der Waals surface area contributed by atoms with E-state index in [9.17, 15) is 4.79 Å². The van der Waals surface area contributed by atoms with Crippen molar-refractivity contribution in [3.8, 4) is 5.75 Å². The number of thiophene rings is 1. The minimum atomic E-state index is -0.0376. The van der Waals surface area contributed by atoms with Crippen LogP contribution in [0.2, 0.25) is 4.34 Å². The van der Waals surface area contributed by atoms with Crippen molar-refractivity contribution in [2.75, 3.05) is 11.5 Å². The lowest BCUT2D eigenvalue weighted by Gasteiger charge is -2.19. The van der Waals surface area contributed by atoms with Crippen molar-refractivity contribution in [2.45, 2.75) is 19.9 Å². The van der Waals surface area contributed by atoms with E-state index >= 15 is 0 Å². The van der Waals surface area contributed by atoms with Crippen molar-refractivity contribution < 1.29 is 9.53 Å². The average Bonchev–Trinajstić information content (AvgIpc) is 3.33. The van der Waals surface area contributed by atoms with E-state index in [0.29, 0.717) is 22.6 Å². The molecule has 4 aromatic rings. The van der Waals surface area contributed by atoms with Crippen LogP contribution in [0.1, 0.15) is 17.4 Å². The summed E-state index contributed by atoms with van der Waals surface area (Å²) in [6.07, 6.45) is 3.75. The van der Waals surface area contributed by atoms with Crippen LogP contribution in [0.4, 0.5) is 5.13 Å². The summed E-state index contributed by atoms with van der Waals surface area (Å²) in [4.78, 5) is 24.8. The number of rotatable bonds is 7. The summed E-state index contributed by atoms with van der Waals surface area (Å²) in [5.74, 6) is 0.690. The minimum Gasteiger partial charge on any atom is -0.492 e. The van der Waals surface area contributed by atoms with Crippen LogP contribution in [0.5, 0.6) is 5.75 Å². The second kappa shape index (κ2) is 8.90. The number of carbonyl (C=O) groups is 1. The Balaban J connectivity index is 1.70. The maximum absolute atomic E-state index is 13.2. The van der Waals surface area contributed by atoms with Gasteiger partial charge in [-0.15, -0.1) is 11.3 Å². The molecule has 0 unspecified atom stereocenters. The smallest absolute Gasteiger partial charge is 0.234 e. The molecule has 0 radical (unpaired) electrons. The number of carbonyl (C=O) groups excluding carboxylic acids is 1. The number of thiazole rings is 1. The van der Waals surface area contributed by atoms with Gasteiger partial charge in [0.05, 0.1) is 28.6 Å². The summed E-state index contributed by atoms with van der Waals surface area (Å²) in [6, 6.07) is 13.3. The fourth-order valence-corrected chi connectivity index (χ4v) is 5.01. The number of anilines is 1. The third-order valence-electron chi connectivity index (χ3n) is 4.22. The number of benzene rings is 1. The predicted molar refractivity (Wildman–Crippen MR) is 119 cm³/mol. The third-order valence-corrected chi connectivity index (χ3v) is 6.49. The highest BCUT2D eigenvalue weighted by Gasteiger charge is 2.22. The molecule has 0 aliphatic heterocycles. The number of aromatic nitrogens is 2. The van der Waals surface area contributed by atoms with E-state index in [2.05, 4.69) is 4.98 Å². The number of halogens is 1. The summed E-state index contributed by atoms with van der Waals surface area (Å²) < 4.78 is 7.36. The number of ether oxygens (including phenoxy) is 1. The molecule has 3 aromatic heterocycles. The molecule has 0 aliphatic rings. The number of fused-ring (bicyclic) bond motifs is 1. The summed E-state index contributed by atoms with van der Waals surface area (Å²) in [5, 5.41) is 0.642. The van der Waals surface area contributed by atoms with E-state index < -0.39 is 0 Å². The first kappa shape index (κ1) is 19.8. The number of hydrogen-bond donors (Lipinski definition) is 0. The number of para-hydroxylation sites is 1. The average molecular weight is 444 g/mol. The van der Waals surface area contributed by atoms with Crippen molar-refractivity contribution in [1.82, 2.24) is 9.97 Å². The molecule has 0 spiro atoms. The van der Waals surface area contributed by atoms with Crippen molar-refractivity contribution >= 4 is 55.5 Å². The van der Waals surface area contributed by atoms with Crippen LogP contribution in [0.25, 0.3) is 10.2 Å². The predicted octanol–water partition coefficient (Wildman–Crippen LogP) is 5.58. The highest BCUT2D eigenvalue weighted by Crippen LogP contribution is 2.35. The van der Waals surface area contributed by atoms with Gasteiger partial charge in [-0.2, -0.15) is 0 Å². The van der Waals surface area contributed by atoms with Crippen LogP contribution >= 0.6 is 34.3 Å². The van der Waals surface area contributed by atoms with Gasteiger partial charge in [0.1, 0.15) is 11.3 Å². The zero-order chi connectivity index (χ0) is 20.2. The molecule has 0 saturated heterocycles. The molecule has 0 bridgehead atoms. The third kappa shape index (κ3) is 4.58. The van der Waals surface area contributed by atoms with Gasteiger partial charge in [0.15, 0.2) is 5.13 Å². The van der Waals surface area contributed by atoms with Crippen LogP contribution in [0, 0.1) is 0 Å². The second-order valence-electron chi connectivity index (χ2n) is 6.26. The topological polar surface area (TPSA) is 55.3 Å². The number of amides is 1. The van der Waals surface area contributed by atoms with E-state index in [1.165, 1.54) is 22.7 Å². The quantitative estimate of drug-likeness (QED) is 0.374. The standard InChI is InChI=1S/C21H18ClN3O2S2/c1-2-27-16-6-3-7-17-20(16)24-21(29-17)25(13-14-5-4-10-23-12-14)19(26)11-15-8-9-18(22)28-15/h3-10,12H,2,11,13H2,1H3. The van der Waals surface area contributed by atoms with Crippen LogP contribution < -0.4 is 9.64 Å². The lowest BCUT2D eigenvalue weighted by atomic mass is 10.2. The molecule has 0 atom stereocenters. The maximum Gasteiger partial charge on any atom is 0.234 e. The summed E-state index contributed by atoms with van der Waals surface area (Å²) in [6.45, 7) is 2.90. The van der Waals surface area contributed by atoms with Crippen molar-refractivity contribution in [2.24, 2.45) is 0 Å². The monoisotopic (exact) mass is 443 g/mol. The fourth-order valence-electron chi connectivity index (χ4n) is 2.93. The molecule has 4 rings (SSSR count). The first-order valence-electron chi connectivity index (χ1n) is 9.10. The van der Waals surface area contributed by atoms with Crippen molar-refractivity contribution in [3.05, 3.63) is 69.6 Å². The molecule has 29 heavy (non-hydrogen) atoms. The molecule has 0 fully saturated rings. The largest absolute Gasteiger partial charge is 0.492 e. The molecular weight excluding hydrogens is 426 g/mol. The van der Waals surface area contributed by atoms with Crippen molar-refractivity contribution in [1.29, 1.82) is 0 Å². The number of nitrogens with zero attached hydrogens (tertiary/aromatic N) is 3. The normalized spacial score (nSPS) is 11.0. The Morgan fingerprint density at radius 1 is 1.17 bits per heavy atom. The molecule has 3 heterocycles. The van der Waals surface area contributed by atoms with Crippen LogP contribution in [-0.4, -0.2) is 22.5 Å². The van der Waals surface area contributed by atoms with E-state index in [1.54, 1.807) is 17.3 Å². The molecule has 5 nitrogen and oxygen atoms in total. The highest BCUT2D eigenvalue weighted by atomic mass is 35.5. The summed E-state index contributed by atoms with van der Waals surface area (Å²) in [5.41, 5.74) is 1.71. The summed E-state index contributed by atoms with van der Waals surface area (Å²) in [7, 11) is 0. The number of pyridine rings is 1. The van der Waals surface area contributed by atoms with E-state index in [1.807, 2.05) is 49.4 Å². The molecule has 148 valence electrons. The Kier molecular flexibility index (Phi) is 6.08. The molecule has 1 amide bonds. The minimum absolute atomic E-state index is 0.0376. The Morgan fingerprint density at radius 3 is 2.79 bits per heavy atom. The molecular formula is C21H18ClN3O2S2. The van der Waals surface area contributed by atoms with E-state index in [-0.39, 0.29) is 12.3 Å². The molecule has 1 aromatic carbocycles. The first-order chi connectivity index (χ1) is 14.1. The van der Waals surface area contributed by atoms with Crippen LogP contribution in [-0.2, 0) is 17.8 Å². The van der Waals surface area contributed by atoms with E-state index in [0.717, 1.165) is 26.4 Å². The zero-order valence-corrected chi connectivity index (χ0v) is 18.1. The van der Waals surface area contributed by atoms with Gasteiger partial charge in [-0.05, 0) is 42.8 Å². The Hall–Kier alpha value is -2.48. The van der Waals surface area contributed by atoms with Crippen LogP contribution in [0.15, 0.2) is 54.9 Å². The van der Waals surface area contributed by atoms with Gasteiger partial charge in [0.2, 0.25) is 5.91 Å². The van der Waals surface area contributed by atoms with Gasteiger partial charge in [0.25, 0.3) is 0 Å².